The van der Waals surface area contributed by atoms with Gasteiger partial charge in [0.05, 0.1) is 11.1 Å². The third-order valence-electron chi connectivity index (χ3n) is 3.99. The predicted molar refractivity (Wildman–Crippen MR) is 88.6 cm³/mol. The number of pyridine rings is 1. The van der Waals surface area contributed by atoms with Gasteiger partial charge in [-0.1, -0.05) is 25.1 Å². The Morgan fingerprint density at radius 1 is 1.24 bits per heavy atom. The zero-order valence-corrected chi connectivity index (χ0v) is 13.5. The normalized spacial score (nSPS) is 13.5. The van der Waals surface area contributed by atoms with E-state index in [1.807, 2.05) is 12.3 Å². The highest BCUT2D eigenvalue weighted by molar-refractivity contribution is 5.81. The van der Waals surface area contributed by atoms with Crippen LogP contribution in [0.5, 0.6) is 0 Å². The molecule has 0 spiro atoms. The Hall–Kier alpha value is -1.45. The van der Waals surface area contributed by atoms with Crippen LogP contribution in [0, 0.1) is 0 Å². The van der Waals surface area contributed by atoms with Crippen LogP contribution in [-0.2, 0) is 11.2 Å². The number of nitrogens with one attached hydrogen (secondary N) is 1. The van der Waals surface area contributed by atoms with Gasteiger partial charge in [0, 0.05) is 24.7 Å². The fourth-order valence-corrected chi connectivity index (χ4v) is 2.78. The van der Waals surface area contributed by atoms with Crippen molar-refractivity contribution in [3.63, 3.8) is 0 Å². The summed E-state index contributed by atoms with van der Waals surface area (Å²) in [5.41, 5.74) is 2.30. The van der Waals surface area contributed by atoms with Crippen molar-refractivity contribution in [3.05, 3.63) is 42.1 Å². The molecule has 0 radical (unpaired) electrons. The minimum Gasteiger partial charge on any atom is -0.379 e. The van der Waals surface area contributed by atoms with E-state index in [1.165, 1.54) is 10.9 Å². The molecule has 2 rings (SSSR count). The van der Waals surface area contributed by atoms with Gasteiger partial charge in [0.1, 0.15) is 0 Å². The van der Waals surface area contributed by atoms with E-state index in [9.17, 15) is 0 Å². The van der Waals surface area contributed by atoms with E-state index in [2.05, 4.69) is 55.3 Å². The molecular formula is C18H26N2O. The third-order valence-corrected chi connectivity index (χ3v) is 3.99. The number of ether oxygens (including phenoxy) is 1. The highest BCUT2D eigenvalue weighted by Gasteiger charge is 2.23. The molecule has 0 saturated carbocycles. The minimum atomic E-state index is -0.115. The number of fused-ring (bicyclic) bond motifs is 1. The van der Waals surface area contributed by atoms with Gasteiger partial charge in [0.25, 0.3) is 0 Å². The Balaban J connectivity index is 2.22. The Kier molecular flexibility index (Phi) is 5.32. The van der Waals surface area contributed by atoms with Gasteiger partial charge in [0.2, 0.25) is 0 Å². The third kappa shape index (κ3) is 4.26. The molecule has 1 aromatic carbocycles. The number of methoxy groups -OCH3 is 1. The monoisotopic (exact) mass is 286 g/mol. The second kappa shape index (κ2) is 7.01. The van der Waals surface area contributed by atoms with Crippen molar-refractivity contribution in [3.8, 4) is 0 Å². The zero-order valence-electron chi connectivity index (χ0n) is 13.5. The second-order valence-electron chi connectivity index (χ2n) is 6.11. The van der Waals surface area contributed by atoms with E-state index < -0.39 is 0 Å². The molecule has 21 heavy (non-hydrogen) atoms. The number of nitrogens with zero attached hydrogens (tertiary/aromatic N) is 1. The summed E-state index contributed by atoms with van der Waals surface area (Å²) >= 11 is 0. The van der Waals surface area contributed by atoms with E-state index in [-0.39, 0.29) is 5.60 Å². The number of aromatic nitrogens is 1. The molecule has 0 amide bonds. The van der Waals surface area contributed by atoms with Crippen molar-refractivity contribution < 1.29 is 4.74 Å². The average molecular weight is 286 g/mol. The standard InChI is InChI=1S/C18H26N2O/c1-5-19-15(13-18(2,3)21-4)12-14-10-11-20-17-9-7-6-8-16(14)17/h6-11,15,19H,5,12-13H2,1-4H3. The lowest BCUT2D eigenvalue weighted by atomic mass is 9.93. The Labute approximate surface area is 127 Å². The van der Waals surface area contributed by atoms with Crippen molar-refractivity contribution in [1.82, 2.24) is 10.3 Å². The largest absolute Gasteiger partial charge is 0.379 e. The molecule has 0 fully saturated rings. The molecule has 1 aromatic heterocycles. The zero-order chi connectivity index (χ0) is 15.3. The molecule has 3 nitrogen and oxygen atoms in total. The number of hydrogen-bond acceptors (Lipinski definition) is 3. The fraction of sp³-hybridized carbons (Fsp3) is 0.500. The van der Waals surface area contributed by atoms with E-state index >= 15 is 0 Å². The number of rotatable bonds is 7. The van der Waals surface area contributed by atoms with Gasteiger partial charge in [-0.3, -0.25) is 4.98 Å². The van der Waals surface area contributed by atoms with Crippen LogP contribution in [-0.4, -0.2) is 30.3 Å². The van der Waals surface area contributed by atoms with Gasteiger partial charge in [-0.25, -0.2) is 0 Å². The topological polar surface area (TPSA) is 34.2 Å². The lowest BCUT2D eigenvalue weighted by molar-refractivity contribution is 0.00729. The van der Waals surface area contributed by atoms with E-state index in [0.29, 0.717) is 6.04 Å². The first kappa shape index (κ1) is 15.9. The summed E-state index contributed by atoms with van der Waals surface area (Å²) in [5, 5.41) is 4.83. The first-order valence-electron chi connectivity index (χ1n) is 7.67. The minimum absolute atomic E-state index is 0.115. The van der Waals surface area contributed by atoms with Crippen LogP contribution in [0.2, 0.25) is 0 Å². The first-order chi connectivity index (χ1) is 10.1. The molecule has 1 unspecified atom stereocenters. The first-order valence-corrected chi connectivity index (χ1v) is 7.67. The molecular weight excluding hydrogens is 260 g/mol. The Bertz CT molecular complexity index is 575. The highest BCUT2D eigenvalue weighted by atomic mass is 16.5. The predicted octanol–water partition coefficient (Wildman–Crippen LogP) is 3.57. The summed E-state index contributed by atoms with van der Waals surface area (Å²) in [6.07, 6.45) is 3.87. The maximum atomic E-state index is 5.59. The smallest absolute Gasteiger partial charge is 0.0704 e. The van der Waals surface area contributed by atoms with Gasteiger partial charge in [-0.2, -0.15) is 0 Å². The van der Waals surface area contributed by atoms with Crippen molar-refractivity contribution in [2.45, 2.75) is 45.3 Å². The van der Waals surface area contributed by atoms with Crippen LogP contribution in [0.1, 0.15) is 32.8 Å². The van der Waals surface area contributed by atoms with E-state index in [4.69, 9.17) is 4.74 Å². The summed E-state index contributed by atoms with van der Waals surface area (Å²) < 4.78 is 5.59. The summed E-state index contributed by atoms with van der Waals surface area (Å²) in [5.74, 6) is 0. The summed E-state index contributed by atoms with van der Waals surface area (Å²) in [6.45, 7) is 7.40. The van der Waals surface area contributed by atoms with Crippen molar-refractivity contribution >= 4 is 10.9 Å². The van der Waals surface area contributed by atoms with Gasteiger partial charge in [0.15, 0.2) is 0 Å². The molecule has 2 aromatic rings. The fourth-order valence-electron chi connectivity index (χ4n) is 2.78. The number of benzene rings is 1. The van der Waals surface area contributed by atoms with Crippen LogP contribution in [0.15, 0.2) is 36.5 Å². The van der Waals surface area contributed by atoms with Crippen LogP contribution in [0.3, 0.4) is 0 Å². The second-order valence-corrected chi connectivity index (χ2v) is 6.11. The lowest BCUT2D eigenvalue weighted by Crippen LogP contribution is -2.39. The Morgan fingerprint density at radius 2 is 2.00 bits per heavy atom. The molecule has 1 atom stereocenters. The van der Waals surface area contributed by atoms with Crippen molar-refractivity contribution in [2.24, 2.45) is 0 Å². The van der Waals surface area contributed by atoms with Crippen molar-refractivity contribution in [2.75, 3.05) is 13.7 Å². The maximum absolute atomic E-state index is 5.59. The summed E-state index contributed by atoms with van der Waals surface area (Å²) in [4.78, 5) is 4.44. The van der Waals surface area contributed by atoms with E-state index in [1.54, 1.807) is 7.11 Å². The van der Waals surface area contributed by atoms with E-state index in [0.717, 1.165) is 24.9 Å². The number of para-hydroxylation sites is 1. The number of hydrogen-bond donors (Lipinski definition) is 1. The quantitative estimate of drug-likeness (QED) is 0.845. The van der Waals surface area contributed by atoms with Gasteiger partial charge in [-0.05, 0) is 50.9 Å². The SMILES string of the molecule is CCNC(Cc1ccnc2ccccc12)CC(C)(C)OC. The molecule has 0 aliphatic rings. The molecule has 1 heterocycles. The molecule has 0 aliphatic heterocycles. The average Bonchev–Trinajstić information content (AvgIpc) is 2.47. The van der Waals surface area contributed by atoms with Gasteiger partial charge < -0.3 is 10.1 Å². The lowest BCUT2D eigenvalue weighted by Gasteiger charge is -2.29. The van der Waals surface area contributed by atoms with Gasteiger partial charge in [-0.15, -0.1) is 0 Å². The molecule has 1 N–H and O–H groups in total. The number of likely N-dealkylation sites (N-methyl/N-ethyl adjacent to an activating group) is 1. The van der Waals surface area contributed by atoms with Gasteiger partial charge >= 0.3 is 0 Å². The maximum Gasteiger partial charge on any atom is 0.0704 e. The van der Waals surface area contributed by atoms with Crippen molar-refractivity contribution in [1.29, 1.82) is 0 Å². The molecule has 3 heteroatoms. The molecule has 114 valence electrons. The molecule has 0 aliphatic carbocycles. The molecule has 0 saturated heterocycles. The summed E-state index contributed by atoms with van der Waals surface area (Å²) in [6, 6.07) is 10.9. The van der Waals surface area contributed by atoms with Crippen LogP contribution in [0.25, 0.3) is 10.9 Å². The van der Waals surface area contributed by atoms with Crippen LogP contribution >= 0.6 is 0 Å². The van der Waals surface area contributed by atoms with Crippen LogP contribution < -0.4 is 5.32 Å². The Morgan fingerprint density at radius 3 is 2.71 bits per heavy atom. The molecule has 0 bridgehead atoms. The highest BCUT2D eigenvalue weighted by Crippen LogP contribution is 2.22. The van der Waals surface area contributed by atoms with Crippen LogP contribution in [0.4, 0.5) is 0 Å². The summed E-state index contributed by atoms with van der Waals surface area (Å²) in [7, 11) is 1.78.